The third kappa shape index (κ3) is 3.17. The summed E-state index contributed by atoms with van der Waals surface area (Å²) in [5.74, 6) is 1.11. The Labute approximate surface area is 113 Å². The zero-order valence-electron chi connectivity index (χ0n) is 9.18. The molecule has 0 aliphatic rings. The minimum atomic E-state index is 0.275. The number of methoxy groups -OCH3 is 1. The van der Waals surface area contributed by atoms with Crippen LogP contribution in [0, 0.1) is 0 Å². The van der Waals surface area contributed by atoms with Crippen LogP contribution < -0.4 is 4.74 Å². The molecule has 0 fully saturated rings. The van der Waals surface area contributed by atoms with Crippen molar-refractivity contribution >= 4 is 27.7 Å². The van der Waals surface area contributed by atoms with Crippen LogP contribution in [0.25, 0.3) is 0 Å². The van der Waals surface area contributed by atoms with E-state index in [1.54, 1.807) is 31.0 Å². The van der Waals surface area contributed by atoms with Gasteiger partial charge in [-0.25, -0.2) is 0 Å². The Bertz CT molecular complexity index is 511. The zero-order valence-corrected chi connectivity index (χ0v) is 11.6. The van der Waals surface area contributed by atoms with E-state index >= 15 is 0 Å². The normalized spacial score (nSPS) is 10.2. The lowest BCUT2D eigenvalue weighted by Gasteiger charge is -2.08. The van der Waals surface area contributed by atoms with Crippen molar-refractivity contribution in [2.24, 2.45) is 0 Å². The van der Waals surface area contributed by atoms with Crippen molar-refractivity contribution in [3.05, 3.63) is 46.9 Å². The minimum absolute atomic E-state index is 0.275. The maximum absolute atomic E-state index is 9.22. The Morgan fingerprint density at radius 1 is 1.12 bits per heavy atom. The molecule has 0 bridgehead atoms. The summed E-state index contributed by atoms with van der Waals surface area (Å²) in [5.41, 5.74) is 0. The SMILES string of the molecule is COc1cc(Br)ccc1Sc1ccc(O)cc1. The molecule has 2 rings (SSSR count). The third-order valence-corrected chi connectivity index (χ3v) is 3.75. The summed E-state index contributed by atoms with van der Waals surface area (Å²) in [6.07, 6.45) is 0. The van der Waals surface area contributed by atoms with Crippen molar-refractivity contribution in [3.8, 4) is 11.5 Å². The van der Waals surface area contributed by atoms with E-state index in [0.29, 0.717) is 0 Å². The van der Waals surface area contributed by atoms with E-state index in [1.807, 2.05) is 30.3 Å². The molecule has 1 N–H and O–H groups in total. The second-order valence-electron chi connectivity index (χ2n) is 3.39. The van der Waals surface area contributed by atoms with Crippen LogP contribution in [0.2, 0.25) is 0 Å². The molecule has 4 heteroatoms. The van der Waals surface area contributed by atoms with E-state index in [0.717, 1.165) is 20.0 Å². The van der Waals surface area contributed by atoms with Crippen LogP contribution in [0.1, 0.15) is 0 Å². The van der Waals surface area contributed by atoms with Crippen LogP contribution >= 0.6 is 27.7 Å². The van der Waals surface area contributed by atoms with E-state index in [2.05, 4.69) is 15.9 Å². The summed E-state index contributed by atoms with van der Waals surface area (Å²) in [5, 5.41) is 9.22. The van der Waals surface area contributed by atoms with Crippen molar-refractivity contribution in [1.29, 1.82) is 0 Å². The Balaban J connectivity index is 2.26. The van der Waals surface area contributed by atoms with Gasteiger partial charge in [0.25, 0.3) is 0 Å². The first-order valence-electron chi connectivity index (χ1n) is 4.99. The first-order chi connectivity index (χ1) is 8.19. The topological polar surface area (TPSA) is 29.5 Å². The van der Waals surface area contributed by atoms with Gasteiger partial charge in [-0.15, -0.1) is 0 Å². The summed E-state index contributed by atoms with van der Waals surface area (Å²) in [4.78, 5) is 2.10. The molecule has 0 heterocycles. The molecule has 88 valence electrons. The average Bonchev–Trinajstić information content (AvgIpc) is 2.34. The van der Waals surface area contributed by atoms with E-state index < -0.39 is 0 Å². The second kappa shape index (κ2) is 5.47. The van der Waals surface area contributed by atoms with Crippen molar-refractivity contribution < 1.29 is 9.84 Å². The van der Waals surface area contributed by atoms with Gasteiger partial charge in [-0.2, -0.15) is 0 Å². The average molecular weight is 311 g/mol. The summed E-state index contributed by atoms with van der Waals surface area (Å²) >= 11 is 5.01. The van der Waals surface area contributed by atoms with Gasteiger partial charge in [0, 0.05) is 9.37 Å². The monoisotopic (exact) mass is 310 g/mol. The highest BCUT2D eigenvalue weighted by Gasteiger charge is 2.05. The highest BCUT2D eigenvalue weighted by atomic mass is 79.9. The second-order valence-corrected chi connectivity index (χ2v) is 5.42. The van der Waals surface area contributed by atoms with Crippen LogP contribution in [-0.2, 0) is 0 Å². The summed E-state index contributed by atoms with van der Waals surface area (Å²) < 4.78 is 6.31. The van der Waals surface area contributed by atoms with Gasteiger partial charge in [0.15, 0.2) is 0 Å². The number of rotatable bonds is 3. The van der Waals surface area contributed by atoms with Gasteiger partial charge in [0.1, 0.15) is 11.5 Å². The predicted molar refractivity (Wildman–Crippen MR) is 72.9 cm³/mol. The van der Waals surface area contributed by atoms with Crippen molar-refractivity contribution in [2.45, 2.75) is 9.79 Å². The number of halogens is 1. The Morgan fingerprint density at radius 2 is 1.82 bits per heavy atom. The highest BCUT2D eigenvalue weighted by molar-refractivity contribution is 9.10. The van der Waals surface area contributed by atoms with Gasteiger partial charge in [0.2, 0.25) is 0 Å². The van der Waals surface area contributed by atoms with Crippen LogP contribution in [0.3, 0.4) is 0 Å². The van der Waals surface area contributed by atoms with Crippen molar-refractivity contribution in [3.63, 3.8) is 0 Å². The lowest BCUT2D eigenvalue weighted by molar-refractivity contribution is 0.404. The first-order valence-corrected chi connectivity index (χ1v) is 6.60. The van der Waals surface area contributed by atoms with Gasteiger partial charge in [0.05, 0.1) is 12.0 Å². The van der Waals surface area contributed by atoms with Crippen LogP contribution in [0.5, 0.6) is 11.5 Å². The molecule has 0 spiro atoms. The number of benzene rings is 2. The summed E-state index contributed by atoms with van der Waals surface area (Å²) in [6.45, 7) is 0. The standard InChI is InChI=1S/C13H11BrO2S/c1-16-12-8-9(14)2-7-13(12)17-11-5-3-10(15)4-6-11/h2-8,15H,1H3. The van der Waals surface area contributed by atoms with Crippen molar-refractivity contribution in [1.82, 2.24) is 0 Å². The smallest absolute Gasteiger partial charge is 0.133 e. The Kier molecular flexibility index (Phi) is 3.97. The first kappa shape index (κ1) is 12.3. The summed E-state index contributed by atoms with van der Waals surface area (Å²) in [7, 11) is 1.66. The largest absolute Gasteiger partial charge is 0.508 e. The fraction of sp³-hybridized carbons (Fsp3) is 0.0769. The van der Waals surface area contributed by atoms with E-state index in [-0.39, 0.29) is 5.75 Å². The molecular formula is C13H11BrO2S. The number of hydrogen-bond donors (Lipinski definition) is 1. The molecule has 0 saturated heterocycles. The molecule has 0 aromatic heterocycles. The predicted octanol–water partition coefficient (Wildman–Crippen LogP) is 4.31. The van der Waals surface area contributed by atoms with E-state index in [4.69, 9.17) is 4.74 Å². The molecule has 0 unspecified atom stereocenters. The number of ether oxygens (including phenoxy) is 1. The van der Waals surface area contributed by atoms with E-state index in [9.17, 15) is 5.11 Å². The van der Waals surface area contributed by atoms with E-state index in [1.165, 1.54) is 0 Å². The molecule has 0 saturated carbocycles. The molecule has 2 nitrogen and oxygen atoms in total. The van der Waals surface area contributed by atoms with Crippen molar-refractivity contribution in [2.75, 3.05) is 7.11 Å². The van der Waals surface area contributed by atoms with Gasteiger partial charge < -0.3 is 9.84 Å². The molecule has 0 aliphatic heterocycles. The molecule has 0 amide bonds. The zero-order chi connectivity index (χ0) is 12.3. The quantitative estimate of drug-likeness (QED) is 0.915. The molecular weight excluding hydrogens is 300 g/mol. The maximum atomic E-state index is 9.22. The lowest BCUT2D eigenvalue weighted by Crippen LogP contribution is -1.86. The van der Waals surface area contributed by atoms with Gasteiger partial charge in [-0.1, -0.05) is 27.7 Å². The number of aromatic hydroxyl groups is 1. The minimum Gasteiger partial charge on any atom is -0.508 e. The lowest BCUT2D eigenvalue weighted by atomic mass is 10.3. The third-order valence-electron chi connectivity index (χ3n) is 2.19. The van der Waals surface area contributed by atoms with Crippen LogP contribution in [-0.4, -0.2) is 12.2 Å². The molecule has 0 atom stereocenters. The Hall–Kier alpha value is -1.13. The number of phenols is 1. The molecule has 0 radical (unpaired) electrons. The molecule has 2 aromatic carbocycles. The molecule has 17 heavy (non-hydrogen) atoms. The number of phenolic OH excluding ortho intramolecular Hbond substituents is 1. The van der Waals surface area contributed by atoms with Gasteiger partial charge >= 0.3 is 0 Å². The van der Waals surface area contributed by atoms with Gasteiger partial charge in [-0.05, 0) is 42.5 Å². The highest BCUT2D eigenvalue weighted by Crippen LogP contribution is 2.36. The molecule has 2 aromatic rings. The van der Waals surface area contributed by atoms with Crippen LogP contribution in [0.4, 0.5) is 0 Å². The number of hydrogen-bond acceptors (Lipinski definition) is 3. The fourth-order valence-electron chi connectivity index (χ4n) is 1.37. The van der Waals surface area contributed by atoms with Gasteiger partial charge in [-0.3, -0.25) is 0 Å². The molecule has 0 aliphatic carbocycles. The van der Waals surface area contributed by atoms with Crippen LogP contribution in [0.15, 0.2) is 56.7 Å². The maximum Gasteiger partial charge on any atom is 0.133 e. The summed E-state index contributed by atoms with van der Waals surface area (Å²) in [6, 6.07) is 13.0. The fourth-order valence-corrected chi connectivity index (χ4v) is 2.61. The Morgan fingerprint density at radius 3 is 2.47 bits per heavy atom.